The van der Waals surface area contributed by atoms with Crippen molar-refractivity contribution in [3.8, 4) is 0 Å². The SMILES string of the molecule is CSCCC1(CO)CC2CCC1C2. The van der Waals surface area contributed by atoms with Gasteiger partial charge in [0.25, 0.3) is 0 Å². The summed E-state index contributed by atoms with van der Waals surface area (Å²) in [7, 11) is 0. The van der Waals surface area contributed by atoms with Gasteiger partial charge in [-0.15, -0.1) is 0 Å². The first kappa shape index (κ1) is 9.85. The van der Waals surface area contributed by atoms with Crippen molar-refractivity contribution in [3.63, 3.8) is 0 Å². The van der Waals surface area contributed by atoms with Crippen molar-refractivity contribution < 1.29 is 5.11 Å². The first-order valence-electron chi connectivity index (χ1n) is 5.40. The van der Waals surface area contributed by atoms with Gasteiger partial charge >= 0.3 is 0 Å². The molecule has 0 aromatic heterocycles. The maximum Gasteiger partial charge on any atom is 0.0490 e. The minimum Gasteiger partial charge on any atom is -0.396 e. The van der Waals surface area contributed by atoms with Crippen molar-refractivity contribution in [2.45, 2.75) is 32.1 Å². The lowest BCUT2D eigenvalue weighted by Gasteiger charge is -2.36. The molecule has 0 heterocycles. The molecule has 0 aromatic carbocycles. The summed E-state index contributed by atoms with van der Waals surface area (Å²) in [5.41, 5.74) is 0.339. The summed E-state index contributed by atoms with van der Waals surface area (Å²) < 4.78 is 0. The molecule has 0 aliphatic heterocycles. The Kier molecular flexibility index (Phi) is 2.89. The molecule has 3 unspecified atom stereocenters. The molecule has 0 saturated heterocycles. The highest BCUT2D eigenvalue weighted by molar-refractivity contribution is 7.98. The van der Waals surface area contributed by atoms with Crippen molar-refractivity contribution in [2.24, 2.45) is 17.3 Å². The summed E-state index contributed by atoms with van der Waals surface area (Å²) in [6.07, 6.45) is 8.96. The number of aliphatic hydroxyl groups is 1. The minimum atomic E-state index is 0.339. The van der Waals surface area contributed by atoms with Crippen molar-refractivity contribution in [1.29, 1.82) is 0 Å². The highest BCUT2D eigenvalue weighted by Crippen LogP contribution is 2.57. The molecule has 76 valence electrons. The van der Waals surface area contributed by atoms with Crippen LogP contribution in [0.2, 0.25) is 0 Å². The number of thioether (sulfide) groups is 1. The molecule has 2 heteroatoms. The monoisotopic (exact) mass is 200 g/mol. The Bertz CT molecular complexity index is 183. The predicted octanol–water partition coefficient (Wildman–Crippen LogP) is 2.54. The zero-order valence-electron chi connectivity index (χ0n) is 8.46. The molecule has 2 saturated carbocycles. The van der Waals surface area contributed by atoms with Crippen LogP contribution in [0, 0.1) is 17.3 Å². The fraction of sp³-hybridized carbons (Fsp3) is 1.00. The van der Waals surface area contributed by atoms with Gasteiger partial charge in [0, 0.05) is 6.61 Å². The molecule has 2 aliphatic carbocycles. The van der Waals surface area contributed by atoms with Gasteiger partial charge in [-0.1, -0.05) is 6.42 Å². The summed E-state index contributed by atoms with van der Waals surface area (Å²) >= 11 is 1.92. The molecule has 0 aromatic rings. The molecule has 0 spiro atoms. The highest BCUT2D eigenvalue weighted by Gasteiger charge is 2.49. The Morgan fingerprint density at radius 1 is 1.46 bits per heavy atom. The maximum absolute atomic E-state index is 9.56. The normalized spacial score (nSPS) is 42.9. The van der Waals surface area contributed by atoms with Crippen molar-refractivity contribution in [1.82, 2.24) is 0 Å². The van der Waals surface area contributed by atoms with Crippen LogP contribution < -0.4 is 0 Å². The van der Waals surface area contributed by atoms with Crippen LogP contribution in [0.4, 0.5) is 0 Å². The molecule has 2 rings (SSSR count). The summed E-state index contributed by atoms with van der Waals surface area (Å²) in [6, 6.07) is 0. The molecule has 0 radical (unpaired) electrons. The van der Waals surface area contributed by atoms with Crippen molar-refractivity contribution >= 4 is 11.8 Å². The highest BCUT2D eigenvalue weighted by atomic mass is 32.2. The van der Waals surface area contributed by atoms with E-state index in [0.717, 1.165) is 11.8 Å². The van der Waals surface area contributed by atoms with E-state index >= 15 is 0 Å². The fourth-order valence-electron chi connectivity index (χ4n) is 3.44. The molecule has 3 atom stereocenters. The van der Waals surface area contributed by atoms with Crippen molar-refractivity contribution in [3.05, 3.63) is 0 Å². The van der Waals surface area contributed by atoms with E-state index in [0.29, 0.717) is 12.0 Å². The minimum absolute atomic E-state index is 0.339. The zero-order chi connectivity index (χ0) is 9.31. The van der Waals surface area contributed by atoms with E-state index in [1.54, 1.807) is 0 Å². The Hall–Kier alpha value is 0.310. The standard InChI is InChI=1S/C11H20OS/c1-13-5-4-11(8-12)7-9-2-3-10(11)6-9/h9-10,12H,2-8H2,1H3. The molecular weight excluding hydrogens is 180 g/mol. The number of hydrogen-bond acceptors (Lipinski definition) is 2. The van der Waals surface area contributed by atoms with E-state index < -0.39 is 0 Å². The molecule has 13 heavy (non-hydrogen) atoms. The third-order valence-corrected chi connectivity index (χ3v) is 4.83. The zero-order valence-corrected chi connectivity index (χ0v) is 9.28. The number of hydrogen-bond donors (Lipinski definition) is 1. The number of rotatable bonds is 4. The first-order chi connectivity index (χ1) is 6.30. The van der Waals surface area contributed by atoms with Crippen LogP contribution in [0.5, 0.6) is 0 Å². The van der Waals surface area contributed by atoms with Gasteiger partial charge in [-0.05, 0) is 54.9 Å². The average molecular weight is 200 g/mol. The van der Waals surface area contributed by atoms with Gasteiger partial charge in [0.05, 0.1) is 0 Å². The Morgan fingerprint density at radius 2 is 2.31 bits per heavy atom. The van der Waals surface area contributed by atoms with Crippen LogP contribution >= 0.6 is 11.8 Å². The number of fused-ring (bicyclic) bond motifs is 2. The Morgan fingerprint density at radius 3 is 2.77 bits per heavy atom. The van der Waals surface area contributed by atoms with Crippen LogP contribution in [0.3, 0.4) is 0 Å². The summed E-state index contributed by atoms with van der Waals surface area (Å²) in [6.45, 7) is 0.439. The van der Waals surface area contributed by atoms with Crippen LogP contribution in [-0.4, -0.2) is 23.7 Å². The largest absolute Gasteiger partial charge is 0.396 e. The van der Waals surface area contributed by atoms with E-state index in [2.05, 4.69) is 6.26 Å². The number of aliphatic hydroxyl groups excluding tert-OH is 1. The van der Waals surface area contributed by atoms with Gasteiger partial charge in [0.1, 0.15) is 0 Å². The predicted molar refractivity (Wildman–Crippen MR) is 58.0 cm³/mol. The van der Waals surface area contributed by atoms with Gasteiger partial charge in [-0.2, -0.15) is 11.8 Å². The molecular formula is C11H20OS. The molecule has 1 N–H and O–H groups in total. The topological polar surface area (TPSA) is 20.2 Å². The fourth-order valence-corrected chi connectivity index (χ4v) is 4.05. The lowest BCUT2D eigenvalue weighted by molar-refractivity contribution is 0.0623. The first-order valence-corrected chi connectivity index (χ1v) is 6.80. The Balaban J connectivity index is 1.99. The molecule has 0 amide bonds. The van der Waals surface area contributed by atoms with Crippen LogP contribution in [0.25, 0.3) is 0 Å². The van der Waals surface area contributed by atoms with Crippen LogP contribution in [0.15, 0.2) is 0 Å². The van der Waals surface area contributed by atoms with Gasteiger partial charge in [-0.3, -0.25) is 0 Å². The maximum atomic E-state index is 9.56. The second-order valence-corrected chi connectivity index (χ2v) is 5.83. The lowest BCUT2D eigenvalue weighted by Crippen LogP contribution is -2.32. The van der Waals surface area contributed by atoms with E-state index in [1.165, 1.54) is 37.9 Å². The van der Waals surface area contributed by atoms with Crippen LogP contribution in [0.1, 0.15) is 32.1 Å². The second kappa shape index (κ2) is 3.82. The molecule has 2 bridgehead atoms. The molecule has 1 nitrogen and oxygen atoms in total. The smallest absolute Gasteiger partial charge is 0.0490 e. The summed E-state index contributed by atoms with van der Waals surface area (Å²) in [4.78, 5) is 0. The van der Waals surface area contributed by atoms with Crippen LogP contribution in [-0.2, 0) is 0 Å². The Labute approximate surface area is 85.3 Å². The third-order valence-electron chi connectivity index (χ3n) is 4.22. The van der Waals surface area contributed by atoms with Gasteiger partial charge in [0.2, 0.25) is 0 Å². The quantitative estimate of drug-likeness (QED) is 0.752. The van der Waals surface area contributed by atoms with E-state index in [-0.39, 0.29) is 0 Å². The van der Waals surface area contributed by atoms with E-state index in [1.807, 2.05) is 11.8 Å². The molecule has 2 fully saturated rings. The molecule has 2 aliphatic rings. The third kappa shape index (κ3) is 1.63. The van der Waals surface area contributed by atoms with Gasteiger partial charge in [0.15, 0.2) is 0 Å². The van der Waals surface area contributed by atoms with E-state index in [9.17, 15) is 5.11 Å². The summed E-state index contributed by atoms with van der Waals surface area (Å²) in [5.74, 6) is 3.04. The summed E-state index contributed by atoms with van der Waals surface area (Å²) in [5, 5.41) is 9.56. The van der Waals surface area contributed by atoms with Crippen molar-refractivity contribution in [2.75, 3.05) is 18.6 Å². The lowest BCUT2D eigenvalue weighted by atomic mass is 9.72. The average Bonchev–Trinajstić information content (AvgIpc) is 2.74. The van der Waals surface area contributed by atoms with Gasteiger partial charge < -0.3 is 5.11 Å². The van der Waals surface area contributed by atoms with E-state index in [4.69, 9.17) is 0 Å². The van der Waals surface area contributed by atoms with Gasteiger partial charge in [-0.25, -0.2) is 0 Å². The second-order valence-electron chi connectivity index (χ2n) is 4.84.